The van der Waals surface area contributed by atoms with Crippen LogP contribution in [0.25, 0.3) is 0 Å². The fourth-order valence-electron chi connectivity index (χ4n) is 2.16. The Balaban J connectivity index is 1.81. The number of primary amides is 1. The van der Waals surface area contributed by atoms with Crippen LogP contribution in [0.4, 0.5) is 0 Å². The molecule has 0 bridgehead atoms. The number of amides is 1. The first-order chi connectivity index (χ1) is 10.6. The molecule has 2 aromatic carbocycles. The summed E-state index contributed by atoms with van der Waals surface area (Å²) in [5.74, 6) is 0.516. The van der Waals surface area contributed by atoms with Gasteiger partial charge in [-0.2, -0.15) is 0 Å². The van der Waals surface area contributed by atoms with Crippen molar-refractivity contribution in [1.82, 2.24) is 5.32 Å². The number of ether oxygens (including phenoxy) is 1. The first-order valence-electron chi connectivity index (χ1n) is 7.41. The summed E-state index contributed by atoms with van der Waals surface area (Å²) >= 11 is 0. The number of hydrogen-bond acceptors (Lipinski definition) is 3. The van der Waals surface area contributed by atoms with Crippen LogP contribution in [-0.2, 0) is 17.8 Å². The van der Waals surface area contributed by atoms with E-state index in [-0.39, 0.29) is 18.5 Å². The molecule has 2 rings (SSSR count). The van der Waals surface area contributed by atoms with Gasteiger partial charge in [0.25, 0.3) is 0 Å². The quantitative estimate of drug-likeness (QED) is 0.786. The summed E-state index contributed by atoms with van der Waals surface area (Å²) < 4.78 is 5.75. The van der Waals surface area contributed by atoms with E-state index in [1.807, 2.05) is 61.5 Å². The molecule has 1 amide bonds. The maximum atomic E-state index is 10.7. The fourth-order valence-corrected chi connectivity index (χ4v) is 2.16. The summed E-state index contributed by atoms with van der Waals surface area (Å²) in [4.78, 5) is 10.7. The van der Waals surface area contributed by atoms with E-state index < -0.39 is 0 Å². The highest BCUT2D eigenvalue weighted by Crippen LogP contribution is 2.15. The van der Waals surface area contributed by atoms with Gasteiger partial charge < -0.3 is 15.8 Å². The molecule has 116 valence electrons. The molecule has 0 heterocycles. The normalized spacial score (nSPS) is 11.9. The van der Waals surface area contributed by atoms with Crippen molar-refractivity contribution in [1.29, 1.82) is 0 Å². The molecule has 0 saturated heterocycles. The average Bonchev–Trinajstić information content (AvgIpc) is 2.53. The van der Waals surface area contributed by atoms with Gasteiger partial charge in [-0.1, -0.05) is 42.5 Å². The monoisotopic (exact) mass is 298 g/mol. The number of nitrogens with two attached hydrogens (primary N) is 1. The molecule has 0 saturated carbocycles. The van der Waals surface area contributed by atoms with Crippen LogP contribution in [-0.4, -0.2) is 18.5 Å². The molecule has 0 aliphatic carbocycles. The highest BCUT2D eigenvalue weighted by atomic mass is 16.5. The Morgan fingerprint density at radius 2 is 1.77 bits per heavy atom. The molecule has 4 nitrogen and oxygen atoms in total. The molecule has 0 aliphatic rings. The Labute approximate surface area is 131 Å². The van der Waals surface area contributed by atoms with Crippen molar-refractivity contribution in [2.24, 2.45) is 5.73 Å². The van der Waals surface area contributed by atoms with Crippen molar-refractivity contribution < 1.29 is 9.53 Å². The lowest BCUT2D eigenvalue weighted by Gasteiger charge is -2.13. The lowest BCUT2D eigenvalue weighted by Crippen LogP contribution is -2.35. The smallest absolute Gasteiger partial charge is 0.231 e. The predicted octanol–water partition coefficient (Wildman–Crippen LogP) is 2.27. The number of rotatable bonds is 8. The second-order valence-electron chi connectivity index (χ2n) is 5.37. The van der Waals surface area contributed by atoms with Gasteiger partial charge in [0.1, 0.15) is 12.4 Å². The van der Waals surface area contributed by atoms with Crippen LogP contribution in [0, 0.1) is 0 Å². The SMILES string of the molecule is C[C@H](Cc1ccc(OCc2ccccc2)cc1)NCC(N)=O. The molecule has 3 N–H and O–H groups in total. The molecule has 1 atom stereocenters. The topological polar surface area (TPSA) is 64.3 Å². The second kappa shape index (κ2) is 8.20. The van der Waals surface area contributed by atoms with E-state index in [0.717, 1.165) is 17.7 Å². The van der Waals surface area contributed by atoms with E-state index >= 15 is 0 Å². The van der Waals surface area contributed by atoms with Crippen molar-refractivity contribution in [2.75, 3.05) is 6.54 Å². The Morgan fingerprint density at radius 1 is 1.09 bits per heavy atom. The van der Waals surface area contributed by atoms with Crippen LogP contribution in [0.5, 0.6) is 5.75 Å². The zero-order valence-electron chi connectivity index (χ0n) is 12.8. The fraction of sp³-hybridized carbons (Fsp3) is 0.278. The van der Waals surface area contributed by atoms with Crippen molar-refractivity contribution >= 4 is 5.91 Å². The van der Waals surface area contributed by atoms with E-state index in [2.05, 4.69) is 5.32 Å². The molecule has 0 aliphatic heterocycles. The molecule has 2 aromatic rings. The van der Waals surface area contributed by atoms with E-state index in [4.69, 9.17) is 10.5 Å². The van der Waals surface area contributed by atoms with Crippen LogP contribution in [0.1, 0.15) is 18.1 Å². The Bertz CT molecular complexity index is 582. The molecule has 0 aromatic heterocycles. The van der Waals surface area contributed by atoms with Gasteiger partial charge in [-0.3, -0.25) is 4.79 Å². The summed E-state index contributed by atoms with van der Waals surface area (Å²) in [6.07, 6.45) is 0.840. The van der Waals surface area contributed by atoms with E-state index in [0.29, 0.717) is 6.61 Å². The summed E-state index contributed by atoms with van der Waals surface area (Å²) in [5.41, 5.74) is 7.46. The van der Waals surface area contributed by atoms with Gasteiger partial charge in [0.05, 0.1) is 6.54 Å². The minimum atomic E-state index is -0.337. The lowest BCUT2D eigenvalue weighted by atomic mass is 10.1. The van der Waals surface area contributed by atoms with Gasteiger partial charge in [0.2, 0.25) is 5.91 Å². The number of hydrogen-bond donors (Lipinski definition) is 2. The lowest BCUT2D eigenvalue weighted by molar-refractivity contribution is -0.117. The Kier molecular flexibility index (Phi) is 5.98. The molecule has 0 fully saturated rings. The van der Waals surface area contributed by atoms with Crippen molar-refractivity contribution in [2.45, 2.75) is 26.0 Å². The van der Waals surface area contributed by atoms with Crippen molar-refractivity contribution in [3.8, 4) is 5.75 Å². The van der Waals surface area contributed by atoms with Gasteiger partial charge in [0.15, 0.2) is 0 Å². The largest absolute Gasteiger partial charge is 0.489 e. The molecular formula is C18H22N2O2. The molecule has 0 spiro atoms. The molecule has 0 radical (unpaired) electrons. The van der Waals surface area contributed by atoms with Gasteiger partial charge in [-0.15, -0.1) is 0 Å². The first-order valence-corrected chi connectivity index (χ1v) is 7.41. The highest BCUT2D eigenvalue weighted by Gasteiger charge is 2.05. The number of benzene rings is 2. The van der Waals surface area contributed by atoms with E-state index in [1.165, 1.54) is 5.56 Å². The minimum absolute atomic E-state index is 0.198. The molecule has 4 heteroatoms. The summed E-state index contributed by atoms with van der Waals surface area (Å²) in [6, 6.07) is 18.3. The third-order valence-corrected chi connectivity index (χ3v) is 3.34. The molecule has 0 unspecified atom stereocenters. The van der Waals surface area contributed by atoms with Crippen LogP contribution in [0.3, 0.4) is 0 Å². The standard InChI is InChI=1S/C18H22N2O2/c1-14(20-12-18(19)21)11-15-7-9-17(10-8-15)22-13-16-5-3-2-4-6-16/h2-10,14,20H,11-13H2,1H3,(H2,19,21)/t14-/m1/s1. The van der Waals surface area contributed by atoms with Crippen LogP contribution in [0.2, 0.25) is 0 Å². The third-order valence-electron chi connectivity index (χ3n) is 3.34. The maximum Gasteiger partial charge on any atom is 0.231 e. The second-order valence-corrected chi connectivity index (χ2v) is 5.37. The number of nitrogens with one attached hydrogen (secondary N) is 1. The van der Waals surface area contributed by atoms with Crippen LogP contribution in [0.15, 0.2) is 54.6 Å². The van der Waals surface area contributed by atoms with Crippen LogP contribution < -0.4 is 15.8 Å². The summed E-state index contributed by atoms with van der Waals surface area (Å²) in [6.45, 7) is 2.80. The summed E-state index contributed by atoms with van der Waals surface area (Å²) in [5, 5.41) is 3.09. The van der Waals surface area contributed by atoms with Gasteiger partial charge in [0, 0.05) is 6.04 Å². The Morgan fingerprint density at radius 3 is 2.41 bits per heavy atom. The highest BCUT2D eigenvalue weighted by molar-refractivity contribution is 5.75. The zero-order valence-corrected chi connectivity index (χ0v) is 12.8. The van der Waals surface area contributed by atoms with Gasteiger partial charge in [-0.05, 0) is 36.6 Å². The first kappa shape index (κ1) is 16.0. The van der Waals surface area contributed by atoms with E-state index in [1.54, 1.807) is 0 Å². The minimum Gasteiger partial charge on any atom is -0.489 e. The maximum absolute atomic E-state index is 10.7. The van der Waals surface area contributed by atoms with Gasteiger partial charge in [-0.25, -0.2) is 0 Å². The number of carbonyl (C=O) groups excluding carboxylic acids is 1. The molecule has 22 heavy (non-hydrogen) atoms. The predicted molar refractivity (Wildman–Crippen MR) is 87.6 cm³/mol. The summed E-state index contributed by atoms with van der Waals surface area (Å²) in [7, 11) is 0. The third kappa shape index (κ3) is 5.58. The Hall–Kier alpha value is -2.33. The average molecular weight is 298 g/mol. The van der Waals surface area contributed by atoms with Crippen molar-refractivity contribution in [3.05, 3.63) is 65.7 Å². The van der Waals surface area contributed by atoms with Crippen molar-refractivity contribution in [3.63, 3.8) is 0 Å². The molecular weight excluding hydrogens is 276 g/mol. The van der Waals surface area contributed by atoms with E-state index in [9.17, 15) is 4.79 Å². The van der Waals surface area contributed by atoms with Gasteiger partial charge >= 0.3 is 0 Å². The number of carbonyl (C=O) groups is 1. The zero-order chi connectivity index (χ0) is 15.8. The van der Waals surface area contributed by atoms with Crippen LogP contribution >= 0.6 is 0 Å².